The molecule has 1 aromatic carbocycles. The van der Waals surface area contributed by atoms with Crippen LogP contribution in [0, 0.1) is 24.7 Å². The largest absolute Gasteiger partial charge is 0.393 e. The number of benzene rings is 1. The molecule has 5 atom stereocenters. The van der Waals surface area contributed by atoms with E-state index in [1.165, 1.54) is 95.5 Å². The van der Waals surface area contributed by atoms with E-state index in [1.54, 1.807) is 11.1 Å². The molecule has 32 heavy (non-hydrogen) atoms. The van der Waals surface area contributed by atoms with Crippen molar-refractivity contribution in [1.82, 2.24) is 0 Å². The minimum atomic E-state index is -0.0537. The van der Waals surface area contributed by atoms with Crippen molar-refractivity contribution in [3.8, 4) is 0 Å². The molecule has 0 aromatic heterocycles. The molecule has 0 bridgehead atoms. The lowest BCUT2D eigenvalue weighted by molar-refractivity contribution is 0.0250. The van der Waals surface area contributed by atoms with Crippen molar-refractivity contribution in [3.05, 3.63) is 34.9 Å². The van der Waals surface area contributed by atoms with Crippen LogP contribution in [0.25, 0.3) is 0 Å². The van der Waals surface area contributed by atoms with Gasteiger partial charge < -0.3 is 5.11 Å². The van der Waals surface area contributed by atoms with E-state index < -0.39 is 0 Å². The van der Waals surface area contributed by atoms with Crippen molar-refractivity contribution in [2.45, 2.75) is 143 Å². The highest BCUT2D eigenvalue weighted by Crippen LogP contribution is 2.39. The molecule has 1 saturated carbocycles. The van der Waals surface area contributed by atoms with E-state index in [4.69, 9.17) is 0 Å². The maximum Gasteiger partial charge on any atom is 0.0571 e. The maximum atomic E-state index is 10.9. The SMILES string of the molecule is CCCc1cc(C)ccc1[C@@H](CC)CCCCCCC[C@@H](O)C1CC[C@H](C)CC1CCC. The average molecular weight is 443 g/mol. The van der Waals surface area contributed by atoms with Gasteiger partial charge >= 0.3 is 0 Å². The predicted molar refractivity (Wildman–Crippen MR) is 141 cm³/mol. The summed E-state index contributed by atoms with van der Waals surface area (Å²) in [5, 5.41) is 10.9. The summed E-state index contributed by atoms with van der Waals surface area (Å²) in [5.74, 6) is 2.93. The molecule has 0 amide bonds. The van der Waals surface area contributed by atoms with Crippen LogP contribution in [0.4, 0.5) is 0 Å². The fraction of sp³-hybridized carbons (Fsp3) is 0.806. The van der Waals surface area contributed by atoms with Crippen molar-refractivity contribution in [2.24, 2.45) is 17.8 Å². The van der Waals surface area contributed by atoms with Gasteiger partial charge in [0.15, 0.2) is 0 Å². The van der Waals surface area contributed by atoms with Crippen molar-refractivity contribution < 1.29 is 5.11 Å². The highest BCUT2D eigenvalue weighted by molar-refractivity contribution is 5.34. The fourth-order valence-electron chi connectivity index (χ4n) is 6.42. The Kier molecular flexibility index (Phi) is 13.0. The first-order valence-corrected chi connectivity index (χ1v) is 14.3. The molecule has 1 N–H and O–H groups in total. The monoisotopic (exact) mass is 442 g/mol. The van der Waals surface area contributed by atoms with E-state index in [1.807, 2.05) is 0 Å². The van der Waals surface area contributed by atoms with Crippen LogP contribution >= 0.6 is 0 Å². The zero-order chi connectivity index (χ0) is 23.3. The Labute approximate surface area is 200 Å². The molecule has 1 aromatic rings. The lowest BCUT2D eigenvalue weighted by Crippen LogP contribution is -2.33. The van der Waals surface area contributed by atoms with E-state index in [-0.39, 0.29) is 6.10 Å². The smallest absolute Gasteiger partial charge is 0.0571 e. The van der Waals surface area contributed by atoms with Gasteiger partial charge in [0, 0.05) is 0 Å². The van der Waals surface area contributed by atoms with Crippen LogP contribution in [-0.4, -0.2) is 11.2 Å². The van der Waals surface area contributed by atoms with E-state index in [2.05, 4.69) is 52.8 Å². The molecule has 1 aliphatic rings. The van der Waals surface area contributed by atoms with Crippen LogP contribution in [0.15, 0.2) is 18.2 Å². The van der Waals surface area contributed by atoms with Crippen LogP contribution in [0.2, 0.25) is 0 Å². The summed E-state index contributed by atoms with van der Waals surface area (Å²) in [7, 11) is 0. The van der Waals surface area contributed by atoms with Crippen molar-refractivity contribution in [3.63, 3.8) is 0 Å². The second-order valence-electron chi connectivity index (χ2n) is 11.1. The second-order valence-corrected chi connectivity index (χ2v) is 11.1. The fourth-order valence-corrected chi connectivity index (χ4v) is 6.42. The normalized spacial score (nSPS) is 23.2. The molecule has 184 valence electrons. The number of aliphatic hydroxyl groups excluding tert-OH is 1. The van der Waals surface area contributed by atoms with Gasteiger partial charge in [-0.05, 0) is 80.2 Å². The lowest BCUT2D eigenvalue weighted by Gasteiger charge is -2.37. The Bertz CT molecular complexity index is 621. The molecule has 1 aliphatic carbocycles. The molecular weight excluding hydrogens is 388 g/mol. The van der Waals surface area contributed by atoms with Crippen LogP contribution < -0.4 is 0 Å². The number of unbranched alkanes of at least 4 members (excludes halogenated alkanes) is 4. The first-order chi connectivity index (χ1) is 15.5. The van der Waals surface area contributed by atoms with Crippen molar-refractivity contribution in [2.75, 3.05) is 0 Å². The Balaban J connectivity index is 1.67. The summed E-state index contributed by atoms with van der Waals surface area (Å²) >= 11 is 0. The highest BCUT2D eigenvalue weighted by Gasteiger charge is 2.32. The molecule has 0 heterocycles. The van der Waals surface area contributed by atoms with Gasteiger partial charge in [0.2, 0.25) is 0 Å². The van der Waals surface area contributed by atoms with E-state index in [0.717, 1.165) is 24.2 Å². The Morgan fingerprint density at radius 2 is 1.66 bits per heavy atom. The standard InChI is InChI=1S/C31H54O/c1-6-14-27-22-24(4)18-20-29(27)26(8-3)16-12-10-9-11-13-17-31(32)30-21-19-25(5)23-28(30)15-7-2/h18,20,22,25-26,28,30-32H,6-17,19,21,23H2,1-5H3/t25-,26-,28?,30?,31+/m0/s1. The molecule has 0 radical (unpaired) electrons. The quantitative estimate of drug-likeness (QED) is 0.268. The van der Waals surface area contributed by atoms with Crippen LogP contribution in [0.5, 0.6) is 0 Å². The van der Waals surface area contributed by atoms with Gasteiger partial charge in [-0.1, -0.05) is 109 Å². The lowest BCUT2D eigenvalue weighted by atomic mass is 9.70. The van der Waals surface area contributed by atoms with E-state index in [9.17, 15) is 5.11 Å². The number of aliphatic hydroxyl groups is 1. The zero-order valence-corrected chi connectivity index (χ0v) is 22.2. The van der Waals surface area contributed by atoms with Crippen molar-refractivity contribution >= 4 is 0 Å². The van der Waals surface area contributed by atoms with Gasteiger partial charge in [0.25, 0.3) is 0 Å². The minimum absolute atomic E-state index is 0.0537. The average Bonchev–Trinajstić information content (AvgIpc) is 2.77. The molecule has 2 unspecified atom stereocenters. The molecule has 0 spiro atoms. The van der Waals surface area contributed by atoms with Gasteiger partial charge in [-0.2, -0.15) is 0 Å². The molecule has 1 fully saturated rings. The topological polar surface area (TPSA) is 20.2 Å². The van der Waals surface area contributed by atoms with E-state index >= 15 is 0 Å². The third-order valence-corrected chi connectivity index (χ3v) is 8.26. The Hall–Kier alpha value is -0.820. The number of rotatable bonds is 15. The van der Waals surface area contributed by atoms with Gasteiger partial charge in [-0.25, -0.2) is 0 Å². The summed E-state index contributed by atoms with van der Waals surface area (Å²) in [4.78, 5) is 0. The summed E-state index contributed by atoms with van der Waals surface area (Å²) in [5.41, 5.74) is 4.61. The first kappa shape index (κ1) is 27.4. The van der Waals surface area contributed by atoms with Gasteiger partial charge in [0.1, 0.15) is 0 Å². The first-order valence-electron chi connectivity index (χ1n) is 14.3. The summed E-state index contributed by atoms with van der Waals surface area (Å²) in [6.07, 6.45) is 19.0. The van der Waals surface area contributed by atoms with Crippen LogP contribution in [-0.2, 0) is 6.42 Å². The third kappa shape index (κ3) is 8.85. The summed E-state index contributed by atoms with van der Waals surface area (Å²) < 4.78 is 0. The van der Waals surface area contributed by atoms with Gasteiger partial charge in [-0.3, -0.25) is 0 Å². The predicted octanol–water partition coefficient (Wildman–Crippen LogP) is 9.39. The Morgan fingerprint density at radius 3 is 2.34 bits per heavy atom. The number of hydrogen-bond donors (Lipinski definition) is 1. The summed E-state index contributed by atoms with van der Waals surface area (Å²) in [6, 6.07) is 7.14. The third-order valence-electron chi connectivity index (χ3n) is 8.26. The second kappa shape index (κ2) is 15.2. The van der Waals surface area contributed by atoms with Crippen molar-refractivity contribution in [1.29, 1.82) is 0 Å². The van der Waals surface area contributed by atoms with Gasteiger partial charge in [-0.15, -0.1) is 0 Å². The minimum Gasteiger partial charge on any atom is -0.393 e. The van der Waals surface area contributed by atoms with E-state index in [0.29, 0.717) is 5.92 Å². The molecule has 2 rings (SSSR count). The van der Waals surface area contributed by atoms with Gasteiger partial charge in [0.05, 0.1) is 6.10 Å². The molecule has 1 nitrogen and oxygen atoms in total. The molecule has 0 saturated heterocycles. The highest BCUT2D eigenvalue weighted by atomic mass is 16.3. The molecule has 1 heteroatoms. The summed E-state index contributed by atoms with van der Waals surface area (Å²) in [6.45, 7) is 11.6. The van der Waals surface area contributed by atoms with Crippen LogP contribution in [0.1, 0.15) is 140 Å². The Morgan fingerprint density at radius 1 is 0.938 bits per heavy atom. The maximum absolute atomic E-state index is 10.9. The molecule has 0 aliphatic heterocycles. The number of hydrogen-bond acceptors (Lipinski definition) is 1. The molecular formula is C31H54O. The number of aryl methyl sites for hydroxylation is 2. The zero-order valence-electron chi connectivity index (χ0n) is 22.2. The van der Waals surface area contributed by atoms with Crippen LogP contribution in [0.3, 0.4) is 0 Å².